The van der Waals surface area contributed by atoms with Crippen LogP contribution in [0.4, 0.5) is 4.39 Å². The molecule has 2 rings (SSSR count). The van der Waals surface area contributed by atoms with Crippen molar-refractivity contribution in [3.63, 3.8) is 0 Å². The van der Waals surface area contributed by atoms with Gasteiger partial charge in [-0.05, 0) is 47.4 Å². The first kappa shape index (κ1) is 10.8. The van der Waals surface area contributed by atoms with E-state index >= 15 is 0 Å². The van der Waals surface area contributed by atoms with Crippen molar-refractivity contribution in [2.45, 2.75) is 13.5 Å². The van der Waals surface area contributed by atoms with E-state index in [1.807, 2.05) is 31.2 Å². The Balaban J connectivity index is 2.48. The first-order valence-corrected chi connectivity index (χ1v) is 5.26. The van der Waals surface area contributed by atoms with Gasteiger partial charge in [0.25, 0.3) is 0 Å². The number of hydrogen-bond acceptors (Lipinski definition) is 1. The van der Waals surface area contributed by atoms with Crippen LogP contribution >= 0.6 is 0 Å². The fourth-order valence-corrected chi connectivity index (χ4v) is 1.74. The summed E-state index contributed by atoms with van der Waals surface area (Å²) >= 11 is 0. The van der Waals surface area contributed by atoms with Gasteiger partial charge in [-0.2, -0.15) is 0 Å². The summed E-state index contributed by atoms with van der Waals surface area (Å²) in [6, 6.07) is 12.6. The largest absolute Gasteiger partial charge is 0.326 e. The highest BCUT2D eigenvalue weighted by Crippen LogP contribution is 2.22. The monoisotopic (exact) mass is 215 g/mol. The van der Waals surface area contributed by atoms with Crippen molar-refractivity contribution >= 4 is 0 Å². The van der Waals surface area contributed by atoms with Gasteiger partial charge in [-0.15, -0.1) is 0 Å². The second-order valence-corrected chi connectivity index (χ2v) is 3.86. The van der Waals surface area contributed by atoms with E-state index in [1.54, 1.807) is 6.07 Å². The maximum Gasteiger partial charge on any atom is 0.123 e. The van der Waals surface area contributed by atoms with Crippen molar-refractivity contribution in [2.24, 2.45) is 5.73 Å². The third-order valence-electron chi connectivity index (χ3n) is 2.73. The highest BCUT2D eigenvalue weighted by molar-refractivity contribution is 5.64. The summed E-state index contributed by atoms with van der Waals surface area (Å²) in [5.41, 5.74) is 9.81. The molecule has 2 aromatic rings. The first-order valence-electron chi connectivity index (χ1n) is 5.26. The Labute approximate surface area is 94.7 Å². The summed E-state index contributed by atoms with van der Waals surface area (Å²) in [5, 5.41) is 0. The van der Waals surface area contributed by atoms with Crippen LogP contribution in [0.2, 0.25) is 0 Å². The van der Waals surface area contributed by atoms with Gasteiger partial charge in [0.15, 0.2) is 0 Å². The van der Waals surface area contributed by atoms with Crippen LogP contribution in [-0.2, 0) is 6.54 Å². The van der Waals surface area contributed by atoms with Gasteiger partial charge in [-0.1, -0.05) is 24.3 Å². The number of nitrogens with two attached hydrogens (primary N) is 1. The third kappa shape index (κ3) is 2.12. The summed E-state index contributed by atoms with van der Waals surface area (Å²) in [7, 11) is 0. The van der Waals surface area contributed by atoms with Gasteiger partial charge in [0.1, 0.15) is 5.82 Å². The number of aryl methyl sites for hydroxylation is 1. The molecular weight excluding hydrogens is 201 g/mol. The molecule has 2 N–H and O–H groups in total. The molecule has 82 valence electrons. The summed E-state index contributed by atoms with van der Waals surface area (Å²) < 4.78 is 13.1. The third-order valence-corrected chi connectivity index (χ3v) is 2.73. The van der Waals surface area contributed by atoms with Gasteiger partial charge in [-0.3, -0.25) is 0 Å². The lowest BCUT2D eigenvalue weighted by molar-refractivity contribution is 0.628. The molecule has 0 aromatic heterocycles. The lowest BCUT2D eigenvalue weighted by Crippen LogP contribution is -1.99. The minimum atomic E-state index is -0.215. The van der Waals surface area contributed by atoms with E-state index in [0.29, 0.717) is 6.54 Å². The Morgan fingerprint density at radius 2 is 1.81 bits per heavy atom. The van der Waals surface area contributed by atoms with Gasteiger partial charge >= 0.3 is 0 Å². The van der Waals surface area contributed by atoms with E-state index < -0.39 is 0 Å². The van der Waals surface area contributed by atoms with Crippen molar-refractivity contribution in [2.75, 3.05) is 0 Å². The van der Waals surface area contributed by atoms with Crippen molar-refractivity contribution in [1.82, 2.24) is 0 Å². The normalized spacial score (nSPS) is 10.4. The SMILES string of the molecule is Cc1ccc(-c2cccc(F)c2)cc1CN. The van der Waals surface area contributed by atoms with Gasteiger partial charge in [0.05, 0.1) is 0 Å². The van der Waals surface area contributed by atoms with Crippen LogP contribution in [0.3, 0.4) is 0 Å². The van der Waals surface area contributed by atoms with Crippen LogP contribution in [0.1, 0.15) is 11.1 Å². The van der Waals surface area contributed by atoms with Crippen LogP contribution in [-0.4, -0.2) is 0 Å². The van der Waals surface area contributed by atoms with Gasteiger partial charge in [-0.25, -0.2) is 4.39 Å². The van der Waals surface area contributed by atoms with E-state index in [9.17, 15) is 4.39 Å². The van der Waals surface area contributed by atoms with Crippen LogP contribution in [0, 0.1) is 12.7 Å². The number of hydrogen-bond donors (Lipinski definition) is 1. The molecule has 0 bridgehead atoms. The van der Waals surface area contributed by atoms with Crippen molar-refractivity contribution < 1.29 is 4.39 Å². The zero-order chi connectivity index (χ0) is 11.5. The maximum absolute atomic E-state index is 13.1. The molecule has 0 fully saturated rings. The standard InChI is InChI=1S/C14H14FN/c1-10-5-6-12(7-13(10)9-16)11-3-2-4-14(15)8-11/h2-8H,9,16H2,1H3. The molecule has 0 aliphatic heterocycles. The van der Waals surface area contributed by atoms with Crippen molar-refractivity contribution in [1.29, 1.82) is 0 Å². The Kier molecular flexibility index (Phi) is 3.02. The predicted octanol–water partition coefficient (Wildman–Crippen LogP) is 3.26. The zero-order valence-electron chi connectivity index (χ0n) is 9.20. The first-order chi connectivity index (χ1) is 7.70. The van der Waals surface area contributed by atoms with E-state index in [2.05, 4.69) is 0 Å². The fourth-order valence-electron chi connectivity index (χ4n) is 1.74. The predicted molar refractivity (Wildman–Crippen MR) is 64.5 cm³/mol. The average Bonchev–Trinajstić information content (AvgIpc) is 2.29. The molecular formula is C14H14FN. The number of benzene rings is 2. The summed E-state index contributed by atoms with van der Waals surface area (Å²) in [5.74, 6) is -0.215. The smallest absolute Gasteiger partial charge is 0.123 e. The van der Waals surface area contributed by atoms with Crippen LogP contribution in [0.25, 0.3) is 11.1 Å². The molecule has 0 radical (unpaired) electrons. The highest BCUT2D eigenvalue weighted by Gasteiger charge is 2.02. The maximum atomic E-state index is 13.1. The lowest BCUT2D eigenvalue weighted by Gasteiger charge is -2.07. The zero-order valence-corrected chi connectivity index (χ0v) is 9.20. The molecule has 0 aliphatic carbocycles. The Bertz CT molecular complexity index is 506. The second-order valence-electron chi connectivity index (χ2n) is 3.86. The summed E-state index contributed by atoms with van der Waals surface area (Å²) in [6.07, 6.45) is 0. The van der Waals surface area contributed by atoms with Crippen LogP contribution in [0.5, 0.6) is 0 Å². The van der Waals surface area contributed by atoms with Crippen molar-refractivity contribution in [3.05, 3.63) is 59.4 Å². The minimum absolute atomic E-state index is 0.215. The molecule has 0 unspecified atom stereocenters. The minimum Gasteiger partial charge on any atom is -0.326 e. The van der Waals surface area contributed by atoms with E-state index in [1.165, 1.54) is 17.7 Å². The average molecular weight is 215 g/mol. The molecule has 0 atom stereocenters. The van der Waals surface area contributed by atoms with E-state index in [0.717, 1.165) is 16.7 Å². The van der Waals surface area contributed by atoms with Crippen LogP contribution in [0.15, 0.2) is 42.5 Å². The lowest BCUT2D eigenvalue weighted by atomic mass is 10.00. The molecule has 16 heavy (non-hydrogen) atoms. The molecule has 0 aliphatic rings. The molecule has 1 nitrogen and oxygen atoms in total. The van der Waals surface area contributed by atoms with Gasteiger partial charge < -0.3 is 5.73 Å². The number of halogens is 1. The molecule has 2 aromatic carbocycles. The number of rotatable bonds is 2. The molecule has 0 saturated carbocycles. The van der Waals surface area contributed by atoms with Crippen molar-refractivity contribution in [3.8, 4) is 11.1 Å². The molecule has 0 heterocycles. The van der Waals surface area contributed by atoms with Crippen LogP contribution < -0.4 is 5.73 Å². The van der Waals surface area contributed by atoms with Gasteiger partial charge in [0.2, 0.25) is 0 Å². The molecule has 0 spiro atoms. The van der Waals surface area contributed by atoms with Gasteiger partial charge in [0, 0.05) is 6.54 Å². The topological polar surface area (TPSA) is 26.0 Å². The Hall–Kier alpha value is -1.67. The molecule has 0 amide bonds. The summed E-state index contributed by atoms with van der Waals surface area (Å²) in [6.45, 7) is 2.53. The highest BCUT2D eigenvalue weighted by atomic mass is 19.1. The van der Waals surface area contributed by atoms with E-state index in [4.69, 9.17) is 5.73 Å². The molecule has 0 saturated heterocycles. The summed E-state index contributed by atoms with van der Waals surface area (Å²) in [4.78, 5) is 0. The Morgan fingerprint density at radius 1 is 1.06 bits per heavy atom. The fraction of sp³-hybridized carbons (Fsp3) is 0.143. The quantitative estimate of drug-likeness (QED) is 0.817. The van der Waals surface area contributed by atoms with E-state index in [-0.39, 0.29) is 5.82 Å². The Morgan fingerprint density at radius 3 is 2.50 bits per heavy atom. The second kappa shape index (κ2) is 4.45. The molecule has 2 heteroatoms.